The number of amides is 2. The Morgan fingerprint density at radius 2 is 2.12 bits per heavy atom. The molecule has 2 fully saturated rings. The number of nitriles is 1. The summed E-state index contributed by atoms with van der Waals surface area (Å²) >= 11 is 0. The Bertz CT molecular complexity index is 1230. The van der Waals surface area contributed by atoms with Crippen LogP contribution >= 0.6 is 0 Å². The zero-order valence-electron chi connectivity index (χ0n) is 19.1. The van der Waals surface area contributed by atoms with E-state index in [9.17, 15) is 19.6 Å². The van der Waals surface area contributed by atoms with Gasteiger partial charge in [-0.2, -0.15) is 5.26 Å². The molecule has 3 N–H and O–H groups in total. The lowest BCUT2D eigenvalue weighted by Crippen LogP contribution is -2.40. The van der Waals surface area contributed by atoms with Crippen molar-refractivity contribution in [1.82, 2.24) is 14.7 Å². The van der Waals surface area contributed by atoms with E-state index in [-0.39, 0.29) is 34.6 Å². The van der Waals surface area contributed by atoms with Crippen molar-refractivity contribution in [3.8, 4) is 6.07 Å². The van der Waals surface area contributed by atoms with E-state index in [2.05, 4.69) is 5.32 Å². The largest absolute Gasteiger partial charge is 0.376 e. The number of fused-ring (bicyclic) bond motifs is 1. The van der Waals surface area contributed by atoms with Gasteiger partial charge in [-0.15, -0.1) is 0 Å². The molecule has 10 nitrogen and oxygen atoms in total. The van der Waals surface area contributed by atoms with Gasteiger partial charge in [0, 0.05) is 38.4 Å². The Hall–Kier alpha value is -3.71. The molecule has 0 aliphatic carbocycles. The van der Waals surface area contributed by atoms with Crippen LogP contribution in [0.5, 0.6) is 0 Å². The van der Waals surface area contributed by atoms with Gasteiger partial charge in [0.2, 0.25) is 5.91 Å². The van der Waals surface area contributed by atoms with Crippen LogP contribution in [-0.2, 0) is 14.3 Å². The highest BCUT2D eigenvalue weighted by atomic mass is 16.5. The molecule has 0 radical (unpaired) electrons. The molecule has 2 aliphatic heterocycles. The molecule has 1 atom stereocenters. The number of nitrogens with one attached hydrogen (secondary N) is 1. The van der Waals surface area contributed by atoms with E-state index in [1.165, 1.54) is 10.5 Å². The molecule has 2 saturated heterocycles. The maximum Gasteiger partial charge on any atom is 0.267 e. The molecule has 2 aromatic rings. The van der Waals surface area contributed by atoms with Crippen LogP contribution in [0.1, 0.15) is 36.8 Å². The number of carbonyl (C=O) groups is 2. The third-order valence-corrected chi connectivity index (χ3v) is 6.43. The number of aryl methyl sites for hydroxylation is 1. The number of piperidine rings is 1. The number of primary amides is 1. The molecule has 2 aliphatic rings. The number of pyridine rings is 1. The summed E-state index contributed by atoms with van der Waals surface area (Å²) < 4.78 is 6.93. The van der Waals surface area contributed by atoms with E-state index in [4.69, 9.17) is 15.5 Å². The van der Waals surface area contributed by atoms with Gasteiger partial charge in [-0.1, -0.05) is 6.07 Å². The van der Waals surface area contributed by atoms with Gasteiger partial charge in [0.25, 0.3) is 11.5 Å². The van der Waals surface area contributed by atoms with Crippen molar-refractivity contribution in [1.29, 1.82) is 5.26 Å². The third-order valence-electron chi connectivity index (χ3n) is 6.43. The summed E-state index contributed by atoms with van der Waals surface area (Å²) in [7, 11) is 0. The van der Waals surface area contributed by atoms with Crippen LogP contribution < -0.4 is 21.5 Å². The van der Waals surface area contributed by atoms with Gasteiger partial charge in [-0.05, 0) is 50.3 Å². The number of hydrogen-bond donors (Lipinski definition) is 2. The molecule has 34 heavy (non-hydrogen) atoms. The highest BCUT2D eigenvalue weighted by Crippen LogP contribution is 2.26. The molecule has 4 heterocycles. The first-order valence-electron chi connectivity index (χ1n) is 11.5. The minimum absolute atomic E-state index is 0.0676. The molecule has 2 amide bonds. The molecule has 0 saturated carbocycles. The van der Waals surface area contributed by atoms with Crippen LogP contribution in [0, 0.1) is 24.2 Å². The number of carbonyl (C=O) groups excluding carboxylic acids is 2. The fraction of sp³-hybridized carbons (Fsp3) is 0.458. The van der Waals surface area contributed by atoms with Crippen LogP contribution in [0.3, 0.4) is 0 Å². The van der Waals surface area contributed by atoms with Gasteiger partial charge in [0.05, 0.1) is 11.7 Å². The van der Waals surface area contributed by atoms with Crippen molar-refractivity contribution in [2.45, 2.75) is 38.7 Å². The second-order valence-corrected chi connectivity index (χ2v) is 8.72. The molecule has 0 spiro atoms. The number of aromatic nitrogens is 2. The van der Waals surface area contributed by atoms with Crippen molar-refractivity contribution in [2.24, 2.45) is 11.7 Å². The monoisotopic (exact) mass is 464 g/mol. The van der Waals surface area contributed by atoms with Crippen LogP contribution in [0.25, 0.3) is 11.7 Å². The summed E-state index contributed by atoms with van der Waals surface area (Å²) in [5, 5.41) is 12.4. The zero-order valence-corrected chi connectivity index (χ0v) is 19.1. The predicted molar refractivity (Wildman–Crippen MR) is 126 cm³/mol. The van der Waals surface area contributed by atoms with Gasteiger partial charge in [0.1, 0.15) is 23.1 Å². The smallest absolute Gasteiger partial charge is 0.267 e. The number of rotatable bonds is 6. The molecule has 178 valence electrons. The fourth-order valence-corrected chi connectivity index (χ4v) is 4.44. The highest BCUT2D eigenvalue weighted by molar-refractivity contribution is 6.02. The molecule has 0 aromatic carbocycles. The normalized spacial score (nSPS) is 19.2. The third kappa shape index (κ3) is 4.79. The van der Waals surface area contributed by atoms with E-state index >= 15 is 0 Å². The molecular formula is C24H28N6O4. The lowest BCUT2D eigenvalue weighted by atomic mass is 9.96. The summed E-state index contributed by atoms with van der Waals surface area (Å²) in [5.74, 6) is -0.736. The van der Waals surface area contributed by atoms with Gasteiger partial charge in [-0.25, -0.2) is 4.98 Å². The van der Waals surface area contributed by atoms with E-state index < -0.39 is 5.91 Å². The zero-order chi connectivity index (χ0) is 24.2. The Labute approximate surface area is 197 Å². The first-order valence-corrected chi connectivity index (χ1v) is 11.5. The van der Waals surface area contributed by atoms with Crippen molar-refractivity contribution < 1.29 is 14.3 Å². The van der Waals surface area contributed by atoms with Crippen molar-refractivity contribution in [3.05, 3.63) is 45.4 Å². The summed E-state index contributed by atoms with van der Waals surface area (Å²) in [6, 6.07) is 5.52. The molecule has 4 rings (SSSR count). The maximum absolute atomic E-state index is 13.5. The summed E-state index contributed by atoms with van der Waals surface area (Å²) in [5.41, 5.74) is 6.38. The molecule has 10 heteroatoms. The number of nitrogens with two attached hydrogens (primary N) is 1. The Kier molecular flexibility index (Phi) is 6.93. The van der Waals surface area contributed by atoms with E-state index in [0.717, 1.165) is 18.4 Å². The Balaban J connectivity index is 1.72. The Morgan fingerprint density at radius 1 is 1.35 bits per heavy atom. The van der Waals surface area contributed by atoms with Gasteiger partial charge in [0.15, 0.2) is 0 Å². The minimum Gasteiger partial charge on any atom is -0.376 e. The first-order chi connectivity index (χ1) is 16.4. The van der Waals surface area contributed by atoms with Crippen molar-refractivity contribution >= 4 is 29.4 Å². The second-order valence-electron chi connectivity index (χ2n) is 8.72. The predicted octanol–water partition coefficient (Wildman–Crippen LogP) is 0.907. The second kappa shape index (κ2) is 10.1. The molecular weight excluding hydrogens is 436 g/mol. The summed E-state index contributed by atoms with van der Waals surface area (Å²) in [6.45, 7) is 3.79. The van der Waals surface area contributed by atoms with Gasteiger partial charge < -0.3 is 20.7 Å². The molecule has 0 unspecified atom stereocenters. The minimum atomic E-state index is -0.565. The lowest BCUT2D eigenvalue weighted by molar-refractivity contribution is -0.122. The quantitative estimate of drug-likeness (QED) is 0.478. The van der Waals surface area contributed by atoms with E-state index in [1.54, 1.807) is 12.3 Å². The van der Waals surface area contributed by atoms with E-state index in [0.29, 0.717) is 50.5 Å². The number of ether oxygens (including phenoxy) is 1. The van der Waals surface area contributed by atoms with Crippen molar-refractivity contribution in [2.75, 3.05) is 31.1 Å². The molecule has 2 aromatic heterocycles. The first kappa shape index (κ1) is 23.4. The lowest BCUT2D eigenvalue weighted by Gasteiger charge is -2.32. The van der Waals surface area contributed by atoms with Crippen LogP contribution in [0.2, 0.25) is 0 Å². The van der Waals surface area contributed by atoms with Crippen LogP contribution in [0.15, 0.2) is 28.7 Å². The SMILES string of the molecule is Cc1cccn2c(=O)c(/C=C(\C#N)C(=O)NC[C@H]3CCCO3)c(N3CCC(C(N)=O)CC3)nc12. The van der Waals surface area contributed by atoms with Crippen LogP contribution in [0.4, 0.5) is 5.82 Å². The van der Waals surface area contributed by atoms with Crippen molar-refractivity contribution in [3.63, 3.8) is 0 Å². The number of anilines is 1. The maximum atomic E-state index is 13.5. The summed E-state index contributed by atoms with van der Waals surface area (Å²) in [4.78, 5) is 44.4. The summed E-state index contributed by atoms with van der Waals surface area (Å²) in [6.07, 6.45) is 5.73. The number of nitrogens with zero attached hydrogens (tertiary/aromatic N) is 4. The Morgan fingerprint density at radius 3 is 2.76 bits per heavy atom. The average molecular weight is 465 g/mol. The standard InChI is InChI=1S/C24H28N6O4/c1-15-4-2-8-30-21(15)28-22(29-9-6-16(7-10-29)20(26)31)19(24(30)33)12-17(13-25)23(32)27-14-18-5-3-11-34-18/h2,4,8,12,16,18H,3,5-7,9-11,14H2,1H3,(H2,26,31)(H,27,32)/b17-12+/t18-/m1/s1. The van der Waals surface area contributed by atoms with E-state index in [1.807, 2.05) is 24.0 Å². The highest BCUT2D eigenvalue weighted by Gasteiger charge is 2.27. The average Bonchev–Trinajstić information content (AvgIpc) is 3.36. The van der Waals surface area contributed by atoms with Gasteiger partial charge >= 0.3 is 0 Å². The topological polar surface area (TPSA) is 143 Å². The molecule has 0 bridgehead atoms. The fourth-order valence-electron chi connectivity index (χ4n) is 4.44. The number of hydrogen-bond acceptors (Lipinski definition) is 7. The van der Waals surface area contributed by atoms with Gasteiger partial charge in [-0.3, -0.25) is 18.8 Å². The van der Waals surface area contributed by atoms with Crippen LogP contribution in [-0.4, -0.2) is 53.5 Å².